The first kappa shape index (κ1) is 25.0. The molecule has 0 atom stereocenters. The quantitative estimate of drug-likeness (QED) is 0.217. The van der Waals surface area contributed by atoms with Gasteiger partial charge >= 0.3 is 0 Å². The van der Waals surface area contributed by atoms with Gasteiger partial charge in [-0.15, -0.1) is 0 Å². The zero-order chi connectivity index (χ0) is 25.5. The van der Waals surface area contributed by atoms with Crippen molar-refractivity contribution in [1.82, 2.24) is 10.3 Å². The Labute approximate surface area is 214 Å². The smallest absolute Gasteiger partial charge is 0.257 e. The zero-order valence-electron chi connectivity index (χ0n) is 20.3. The van der Waals surface area contributed by atoms with E-state index in [2.05, 4.69) is 22.5 Å². The molecule has 1 aromatic heterocycles. The second-order valence-electron chi connectivity index (χ2n) is 7.91. The van der Waals surface area contributed by atoms with Crippen LogP contribution in [0.2, 0.25) is 0 Å². The molecule has 0 saturated carbocycles. The van der Waals surface area contributed by atoms with Gasteiger partial charge in [-0.05, 0) is 79.3 Å². The average molecular weight is 506 g/mol. The molecule has 186 valence electrons. The predicted molar refractivity (Wildman–Crippen MR) is 143 cm³/mol. The van der Waals surface area contributed by atoms with Crippen molar-refractivity contribution in [2.24, 2.45) is 0 Å². The maximum Gasteiger partial charge on any atom is 0.257 e. The van der Waals surface area contributed by atoms with E-state index in [1.165, 1.54) is 0 Å². The fourth-order valence-corrected chi connectivity index (χ4v) is 3.68. The number of amides is 1. The van der Waals surface area contributed by atoms with E-state index in [0.29, 0.717) is 46.3 Å². The number of benzene rings is 3. The summed E-state index contributed by atoms with van der Waals surface area (Å²) in [5.41, 5.74) is 3.15. The van der Waals surface area contributed by atoms with Crippen molar-refractivity contribution in [3.8, 4) is 28.7 Å². The number of hydrogen-bond donors (Lipinski definition) is 2. The molecule has 3 aromatic carbocycles. The van der Waals surface area contributed by atoms with Gasteiger partial charge in [0.25, 0.3) is 5.91 Å². The van der Waals surface area contributed by atoms with Crippen LogP contribution in [-0.4, -0.2) is 36.8 Å². The first-order valence-corrected chi connectivity index (χ1v) is 11.9. The Morgan fingerprint density at radius 3 is 2.50 bits per heavy atom. The molecular formula is C27H27N3O5S. The van der Waals surface area contributed by atoms with Gasteiger partial charge in [-0.25, -0.2) is 4.98 Å². The third kappa shape index (κ3) is 5.92. The molecular weight excluding hydrogens is 478 g/mol. The predicted octanol–water partition coefficient (Wildman–Crippen LogP) is 5.82. The molecule has 0 aliphatic heterocycles. The van der Waals surface area contributed by atoms with E-state index >= 15 is 0 Å². The first-order valence-electron chi connectivity index (χ1n) is 11.5. The highest BCUT2D eigenvalue weighted by molar-refractivity contribution is 7.80. The number of carbonyl (C=O) groups excluding carboxylic acids is 1. The number of anilines is 1. The highest BCUT2D eigenvalue weighted by atomic mass is 32.1. The topological polar surface area (TPSA) is 94.9 Å². The van der Waals surface area contributed by atoms with E-state index in [1.54, 1.807) is 68.8 Å². The summed E-state index contributed by atoms with van der Waals surface area (Å²) in [6.07, 6.45) is 2.05. The molecule has 8 nitrogen and oxygen atoms in total. The Hall–Kier alpha value is -4.11. The molecule has 2 N–H and O–H groups in total. The van der Waals surface area contributed by atoms with Crippen LogP contribution in [0.1, 0.15) is 30.1 Å². The lowest BCUT2D eigenvalue weighted by atomic mass is 10.2. The number of aromatic nitrogens is 1. The molecule has 0 saturated heterocycles. The number of hydrogen-bond acceptors (Lipinski definition) is 7. The summed E-state index contributed by atoms with van der Waals surface area (Å²) < 4.78 is 22.2. The zero-order valence-corrected chi connectivity index (χ0v) is 21.1. The van der Waals surface area contributed by atoms with Crippen LogP contribution in [0.15, 0.2) is 65.1 Å². The number of nitrogens with one attached hydrogen (secondary N) is 2. The van der Waals surface area contributed by atoms with Crippen molar-refractivity contribution >= 4 is 40.0 Å². The molecule has 0 spiro atoms. The minimum atomic E-state index is -0.314. The van der Waals surface area contributed by atoms with Crippen molar-refractivity contribution in [3.05, 3.63) is 66.2 Å². The van der Waals surface area contributed by atoms with E-state index in [-0.39, 0.29) is 11.0 Å². The summed E-state index contributed by atoms with van der Waals surface area (Å²) in [5.74, 6) is 2.07. The molecule has 0 fully saturated rings. The largest absolute Gasteiger partial charge is 0.494 e. The third-order valence-corrected chi connectivity index (χ3v) is 5.59. The number of carbonyl (C=O) groups is 1. The fourth-order valence-electron chi connectivity index (χ4n) is 3.47. The molecule has 4 rings (SSSR count). The maximum atomic E-state index is 12.6. The van der Waals surface area contributed by atoms with Crippen LogP contribution in [0.4, 0.5) is 5.69 Å². The standard InChI is InChI=1S/C27H27N3O5S/c1-4-5-14-34-20-10-6-17(7-11-20)25(31)30-27(36)28-19-9-13-22-21(16-19)29-26(35-22)18-8-12-23(32-2)24(15-18)33-3/h6-13,15-16H,4-5,14H2,1-3H3,(H2,28,30,31,36). The average Bonchev–Trinajstić information content (AvgIpc) is 3.32. The van der Waals surface area contributed by atoms with Crippen molar-refractivity contribution in [1.29, 1.82) is 0 Å². The van der Waals surface area contributed by atoms with Gasteiger partial charge < -0.3 is 23.9 Å². The molecule has 9 heteroatoms. The number of oxazole rings is 1. The molecule has 4 aromatic rings. The fraction of sp³-hybridized carbons (Fsp3) is 0.222. The third-order valence-electron chi connectivity index (χ3n) is 5.39. The summed E-state index contributed by atoms with van der Waals surface area (Å²) in [5, 5.41) is 5.88. The van der Waals surface area contributed by atoms with Gasteiger partial charge in [-0.3, -0.25) is 10.1 Å². The van der Waals surface area contributed by atoms with Gasteiger partial charge in [0, 0.05) is 16.8 Å². The summed E-state index contributed by atoms with van der Waals surface area (Å²) in [6.45, 7) is 2.76. The van der Waals surface area contributed by atoms with Crippen molar-refractivity contribution in [2.75, 3.05) is 26.1 Å². The molecule has 0 aliphatic rings. The number of thiocarbonyl (C=S) groups is 1. The maximum absolute atomic E-state index is 12.6. The second kappa shape index (κ2) is 11.5. The summed E-state index contributed by atoms with van der Waals surface area (Å²) in [4.78, 5) is 17.1. The monoisotopic (exact) mass is 505 g/mol. The van der Waals surface area contributed by atoms with Crippen LogP contribution in [-0.2, 0) is 0 Å². The Morgan fingerprint density at radius 2 is 1.78 bits per heavy atom. The molecule has 0 aliphatic carbocycles. The lowest BCUT2D eigenvalue weighted by Crippen LogP contribution is -2.34. The van der Waals surface area contributed by atoms with Crippen LogP contribution in [0.5, 0.6) is 17.2 Å². The van der Waals surface area contributed by atoms with Gasteiger partial charge in [0.1, 0.15) is 11.3 Å². The van der Waals surface area contributed by atoms with E-state index in [0.717, 1.165) is 24.2 Å². The molecule has 36 heavy (non-hydrogen) atoms. The van der Waals surface area contributed by atoms with Gasteiger partial charge in [0.2, 0.25) is 5.89 Å². The van der Waals surface area contributed by atoms with E-state index in [9.17, 15) is 4.79 Å². The summed E-state index contributed by atoms with van der Waals surface area (Å²) in [6, 6.07) is 17.8. The molecule has 0 bridgehead atoms. The number of rotatable bonds is 9. The Balaban J connectivity index is 1.40. The lowest BCUT2D eigenvalue weighted by Gasteiger charge is -2.10. The van der Waals surface area contributed by atoms with Gasteiger partial charge in [-0.2, -0.15) is 0 Å². The van der Waals surface area contributed by atoms with E-state index in [1.807, 2.05) is 6.07 Å². The number of nitrogens with zero attached hydrogens (tertiary/aromatic N) is 1. The molecule has 0 radical (unpaired) electrons. The second-order valence-corrected chi connectivity index (χ2v) is 8.31. The molecule has 0 unspecified atom stereocenters. The SMILES string of the molecule is CCCCOc1ccc(C(=O)NC(=S)Nc2ccc3oc(-c4ccc(OC)c(OC)c4)nc3c2)cc1. The summed E-state index contributed by atoms with van der Waals surface area (Å²) >= 11 is 5.33. The normalized spacial score (nSPS) is 10.6. The number of unbranched alkanes of at least 4 members (excludes halogenated alkanes) is 1. The number of methoxy groups -OCH3 is 2. The summed E-state index contributed by atoms with van der Waals surface area (Å²) in [7, 11) is 3.16. The Kier molecular flexibility index (Phi) is 8.02. The van der Waals surface area contributed by atoms with Crippen molar-refractivity contribution in [2.45, 2.75) is 19.8 Å². The lowest BCUT2D eigenvalue weighted by molar-refractivity contribution is 0.0977. The van der Waals surface area contributed by atoms with Gasteiger partial charge in [0.15, 0.2) is 22.2 Å². The molecule has 1 amide bonds. The van der Waals surface area contributed by atoms with Gasteiger partial charge in [0.05, 0.1) is 20.8 Å². The van der Waals surface area contributed by atoms with Crippen LogP contribution >= 0.6 is 12.2 Å². The van der Waals surface area contributed by atoms with E-state index < -0.39 is 0 Å². The van der Waals surface area contributed by atoms with E-state index in [4.69, 9.17) is 30.8 Å². The molecule has 1 heterocycles. The Morgan fingerprint density at radius 1 is 1.00 bits per heavy atom. The first-order chi connectivity index (χ1) is 17.5. The van der Waals surface area contributed by atoms with Crippen molar-refractivity contribution < 1.29 is 23.4 Å². The highest BCUT2D eigenvalue weighted by Crippen LogP contribution is 2.33. The number of ether oxygens (including phenoxy) is 3. The number of fused-ring (bicyclic) bond motifs is 1. The van der Waals surface area contributed by atoms with Gasteiger partial charge in [-0.1, -0.05) is 13.3 Å². The van der Waals surface area contributed by atoms with Crippen LogP contribution in [0.3, 0.4) is 0 Å². The highest BCUT2D eigenvalue weighted by Gasteiger charge is 2.13. The Bertz CT molecular complexity index is 1370. The van der Waals surface area contributed by atoms with Crippen molar-refractivity contribution in [3.63, 3.8) is 0 Å². The van der Waals surface area contributed by atoms with Crippen LogP contribution < -0.4 is 24.8 Å². The van der Waals surface area contributed by atoms with Crippen LogP contribution in [0, 0.1) is 0 Å². The van der Waals surface area contributed by atoms with Crippen LogP contribution in [0.25, 0.3) is 22.6 Å². The minimum Gasteiger partial charge on any atom is -0.494 e. The minimum absolute atomic E-state index is 0.172.